The van der Waals surface area contributed by atoms with Crippen molar-refractivity contribution in [1.82, 2.24) is 20.0 Å². The van der Waals surface area contributed by atoms with E-state index in [0.717, 1.165) is 43.7 Å². The largest absolute Gasteiger partial charge is 0.357 e. The van der Waals surface area contributed by atoms with Crippen molar-refractivity contribution in [2.45, 2.75) is 38.0 Å². The molecule has 1 atom stereocenters. The number of aromatic nitrogens is 2. The molecule has 0 bridgehead atoms. The summed E-state index contributed by atoms with van der Waals surface area (Å²) in [5.74, 6) is -0.0715. The fraction of sp³-hybridized carbons (Fsp3) is 0.360. The monoisotopic (exact) mass is 416 g/mol. The van der Waals surface area contributed by atoms with Crippen LogP contribution in [0.5, 0.6) is 0 Å². The molecule has 5 rings (SSSR count). The maximum atomic E-state index is 12.5. The molecule has 1 aromatic heterocycles. The van der Waals surface area contributed by atoms with Crippen molar-refractivity contribution in [2.75, 3.05) is 20.1 Å². The number of hydrogen-bond acceptors (Lipinski definition) is 4. The number of nitrogens with zero attached hydrogens (tertiary/aromatic N) is 3. The number of aryl methyl sites for hydroxylation is 1. The minimum Gasteiger partial charge on any atom is -0.357 e. The van der Waals surface area contributed by atoms with Crippen molar-refractivity contribution in [2.24, 2.45) is 0 Å². The highest BCUT2D eigenvalue weighted by atomic mass is 16.5. The first kappa shape index (κ1) is 20.0. The minimum absolute atomic E-state index is 0.0715. The normalized spacial score (nSPS) is 20.0. The van der Waals surface area contributed by atoms with E-state index < -0.39 is 6.10 Å². The molecule has 3 aromatic rings. The van der Waals surface area contributed by atoms with Gasteiger partial charge in [0.05, 0.1) is 17.5 Å². The van der Waals surface area contributed by atoms with E-state index in [0.29, 0.717) is 0 Å². The van der Waals surface area contributed by atoms with Gasteiger partial charge in [-0.05, 0) is 43.0 Å². The van der Waals surface area contributed by atoms with Crippen LogP contribution in [0.2, 0.25) is 0 Å². The van der Waals surface area contributed by atoms with Gasteiger partial charge in [-0.25, -0.2) is 4.68 Å². The molecule has 3 heterocycles. The third kappa shape index (κ3) is 3.66. The number of likely N-dealkylation sites (N-methyl/N-ethyl adjacent to an activating group) is 1. The number of para-hydroxylation sites is 1. The number of ether oxygens (including phenoxy) is 1. The molecule has 0 aliphatic carbocycles. The zero-order chi connectivity index (χ0) is 21.4. The van der Waals surface area contributed by atoms with Gasteiger partial charge >= 0.3 is 0 Å². The lowest BCUT2D eigenvalue weighted by Crippen LogP contribution is -2.42. The Morgan fingerprint density at radius 1 is 1.19 bits per heavy atom. The number of likely N-dealkylation sites (tertiary alicyclic amines) is 1. The topological polar surface area (TPSA) is 59.4 Å². The minimum atomic E-state index is -0.517. The number of benzene rings is 2. The molecule has 1 amide bonds. The van der Waals surface area contributed by atoms with Gasteiger partial charge in [-0.3, -0.25) is 9.69 Å². The van der Waals surface area contributed by atoms with Gasteiger partial charge < -0.3 is 10.1 Å². The number of amides is 1. The second kappa shape index (κ2) is 7.94. The number of fused-ring (bicyclic) bond motifs is 2. The van der Waals surface area contributed by atoms with Crippen LogP contribution in [-0.2, 0) is 21.7 Å². The van der Waals surface area contributed by atoms with E-state index in [1.54, 1.807) is 7.05 Å². The fourth-order valence-electron chi connectivity index (χ4n) is 4.85. The second-order valence-corrected chi connectivity index (χ2v) is 8.60. The van der Waals surface area contributed by atoms with Gasteiger partial charge in [-0.1, -0.05) is 42.0 Å². The van der Waals surface area contributed by atoms with Crippen molar-refractivity contribution in [1.29, 1.82) is 0 Å². The second-order valence-electron chi connectivity index (χ2n) is 8.60. The van der Waals surface area contributed by atoms with Crippen molar-refractivity contribution in [3.8, 4) is 5.69 Å². The quantitative estimate of drug-likeness (QED) is 0.707. The van der Waals surface area contributed by atoms with Crippen molar-refractivity contribution in [3.63, 3.8) is 0 Å². The van der Waals surface area contributed by atoms with Crippen molar-refractivity contribution in [3.05, 3.63) is 83.2 Å². The van der Waals surface area contributed by atoms with Crippen LogP contribution in [0.25, 0.3) is 5.69 Å². The Labute approximate surface area is 182 Å². The third-order valence-electron chi connectivity index (χ3n) is 6.54. The van der Waals surface area contributed by atoms with E-state index in [1.165, 1.54) is 16.7 Å². The average Bonchev–Trinajstić information content (AvgIpc) is 3.39. The molecule has 2 aliphatic heterocycles. The van der Waals surface area contributed by atoms with E-state index >= 15 is 0 Å². The first-order chi connectivity index (χ1) is 15.1. The van der Waals surface area contributed by atoms with Crippen LogP contribution in [0, 0.1) is 6.92 Å². The van der Waals surface area contributed by atoms with E-state index in [4.69, 9.17) is 4.74 Å². The van der Waals surface area contributed by atoms with Gasteiger partial charge in [0, 0.05) is 38.4 Å². The predicted molar refractivity (Wildman–Crippen MR) is 119 cm³/mol. The summed E-state index contributed by atoms with van der Waals surface area (Å²) < 4.78 is 8.40. The zero-order valence-electron chi connectivity index (χ0n) is 18.0. The van der Waals surface area contributed by atoms with Crippen LogP contribution >= 0.6 is 0 Å². The molecule has 6 nitrogen and oxygen atoms in total. The summed E-state index contributed by atoms with van der Waals surface area (Å²) in [5, 5.41) is 7.28. The Morgan fingerprint density at radius 2 is 1.97 bits per heavy atom. The zero-order valence-corrected chi connectivity index (χ0v) is 18.0. The summed E-state index contributed by atoms with van der Waals surface area (Å²) in [6, 6.07) is 16.5. The molecule has 160 valence electrons. The van der Waals surface area contributed by atoms with Gasteiger partial charge in [-0.2, -0.15) is 5.10 Å². The van der Waals surface area contributed by atoms with Crippen LogP contribution in [0.15, 0.2) is 60.9 Å². The van der Waals surface area contributed by atoms with E-state index in [2.05, 4.69) is 58.8 Å². The third-order valence-corrected chi connectivity index (χ3v) is 6.54. The smallest absolute Gasteiger partial charge is 0.253 e. The number of rotatable bonds is 4. The highest BCUT2D eigenvalue weighted by molar-refractivity contribution is 5.83. The average molecular weight is 417 g/mol. The lowest BCUT2D eigenvalue weighted by Gasteiger charge is -2.39. The van der Waals surface area contributed by atoms with Gasteiger partial charge in [-0.15, -0.1) is 0 Å². The number of hydrogen-bond donors (Lipinski definition) is 1. The Hall–Kier alpha value is -2.96. The lowest BCUT2D eigenvalue weighted by atomic mass is 9.82. The van der Waals surface area contributed by atoms with Crippen LogP contribution in [0.1, 0.15) is 41.2 Å². The standard InChI is InChI=1S/C25H28N4O2/c1-18-8-9-21-22(14-18)25(31-23(21)24(30)26-2)10-12-28(13-11-25)16-19-15-27-29(17-19)20-6-4-3-5-7-20/h3-9,14-15,17,23H,10-13,16H2,1-2H3,(H,26,30). The first-order valence-electron chi connectivity index (χ1n) is 10.9. The van der Waals surface area contributed by atoms with Crippen molar-refractivity contribution >= 4 is 5.91 Å². The first-order valence-corrected chi connectivity index (χ1v) is 10.9. The molecular formula is C25H28N4O2. The van der Waals surface area contributed by atoms with E-state index in [-0.39, 0.29) is 11.5 Å². The molecule has 1 unspecified atom stereocenters. The molecule has 1 fully saturated rings. The molecule has 1 saturated heterocycles. The van der Waals surface area contributed by atoms with E-state index in [1.807, 2.05) is 29.1 Å². The number of piperidine rings is 1. The summed E-state index contributed by atoms with van der Waals surface area (Å²) in [4.78, 5) is 14.9. The van der Waals surface area contributed by atoms with Crippen LogP contribution < -0.4 is 5.32 Å². The Kier molecular flexibility index (Phi) is 5.12. The maximum Gasteiger partial charge on any atom is 0.253 e. The summed E-state index contributed by atoms with van der Waals surface area (Å²) in [7, 11) is 1.67. The Morgan fingerprint density at radius 3 is 2.71 bits per heavy atom. The molecule has 2 aromatic carbocycles. The van der Waals surface area contributed by atoms with Crippen LogP contribution in [-0.4, -0.2) is 40.7 Å². The van der Waals surface area contributed by atoms with Gasteiger partial charge in [0.25, 0.3) is 5.91 Å². The molecule has 1 spiro atoms. The van der Waals surface area contributed by atoms with Gasteiger partial charge in [0.15, 0.2) is 6.10 Å². The van der Waals surface area contributed by atoms with Crippen LogP contribution in [0.4, 0.5) is 0 Å². The Bertz CT molecular complexity index is 1080. The SMILES string of the molecule is CNC(=O)C1OC2(CCN(Cc3cnn(-c4ccccc4)c3)CC2)c2cc(C)ccc21. The summed E-state index contributed by atoms with van der Waals surface area (Å²) in [6.07, 6.45) is 5.29. The molecule has 31 heavy (non-hydrogen) atoms. The molecule has 2 aliphatic rings. The summed E-state index contributed by atoms with van der Waals surface area (Å²) in [5.41, 5.74) is 5.31. The maximum absolute atomic E-state index is 12.5. The number of carbonyl (C=O) groups is 1. The molecule has 6 heteroatoms. The Balaban J connectivity index is 1.30. The fourth-order valence-corrected chi connectivity index (χ4v) is 4.85. The molecule has 1 N–H and O–H groups in total. The van der Waals surface area contributed by atoms with Crippen LogP contribution in [0.3, 0.4) is 0 Å². The highest BCUT2D eigenvalue weighted by Crippen LogP contribution is 2.49. The van der Waals surface area contributed by atoms with E-state index in [9.17, 15) is 4.79 Å². The summed E-state index contributed by atoms with van der Waals surface area (Å²) in [6.45, 7) is 4.80. The molecular weight excluding hydrogens is 388 g/mol. The summed E-state index contributed by atoms with van der Waals surface area (Å²) >= 11 is 0. The van der Waals surface area contributed by atoms with Gasteiger partial charge in [0.1, 0.15) is 0 Å². The highest BCUT2D eigenvalue weighted by Gasteiger charge is 2.48. The number of nitrogens with one attached hydrogen (secondary N) is 1. The molecule has 0 saturated carbocycles. The number of carbonyl (C=O) groups excluding carboxylic acids is 1. The lowest BCUT2D eigenvalue weighted by molar-refractivity contribution is -0.150. The van der Waals surface area contributed by atoms with Crippen molar-refractivity contribution < 1.29 is 9.53 Å². The van der Waals surface area contributed by atoms with Gasteiger partial charge in [0.2, 0.25) is 0 Å². The molecule has 0 radical (unpaired) electrons. The predicted octanol–water partition coefficient (Wildman–Crippen LogP) is 3.49.